The van der Waals surface area contributed by atoms with Crippen LogP contribution in [0.15, 0.2) is 76.6 Å². The average molecular weight is 505 g/mol. The number of benzene rings is 3. The van der Waals surface area contributed by atoms with Gasteiger partial charge in [-0.15, -0.1) is 0 Å². The minimum Gasteiger partial charge on any atom is -0.493 e. The van der Waals surface area contributed by atoms with E-state index in [4.69, 9.17) is 19.2 Å². The van der Waals surface area contributed by atoms with Crippen molar-refractivity contribution >= 4 is 40.6 Å². The average Bonchev–Trinajstić information content (AvgIpc) is 3.17. The van der Waals surface area contributed by atoms with E-state index in [-0.39, 0.29) is 18.0 Å². The van der Waals surface area contributed by atoms with E-state index >= 15 is 0 Å². The number of aromatic carboxylic acids is 1. The molecule has 4 rings (SSSR count). The minimum absolute atomic E-state index is 0.181. The summed E-state index contributed by atoms with van der Waals surface area (Å²) in [5.74, 6) is 0.156. The Labute approximate surface area is 212 Å². The van der Waals surface area contributed by atoms with E-state index in [9.17, 15) is 14.7 Å². The van der Waals surface area contributed by atoms with Gasteiger partial charge in [-0.25, -0.2) is 9.79 Å². The molecule has 36 heavy (non-hydrogen) atoms. The number of carboxylic acid groups (broad SMARTS) is 1. The van der Waals surface area contributed by atoms with Crippen LogP contribution in [0.4, 0.5) is 5.69 Å². The van der Waals surface area contributed by atoms with Crippen molar-refractivity contribution in [3.05, 3.63) is 88.3 Å². The quantitative estimate of drug-likeness (QED) is 0.420. The molecule has 184 valence electrons. The van der Waals surface area contributed by atoms with Crippen molar-refractivity contribution in [3.8, 4) is 17.2 Å². The highest BCUT2D eigenvalue weighted by atomic mass is 32.2. The van der Waals surface area contributed by atoms with Crippen LogP contribution < -0.4 is 14.2 Å². The van der Waals surface area contributed by atoms with Gasteiger partial charge in [-0.3, -0.25) is 9.69 Å². The van der Waals surface area contributed by atoms with Gasteiger partial charge in [0.2, 0.25) is 5.75 Å². The predicted molar refractivity (Wildman–Crippen MR) is 139 cm³/mol. The number of carbonyl (C=O) groups is 2. The number of amides is 1. The highest BCUT2D eigenvalue weighted by Gasteiger charge is 2.34. The lowest BCUT2D eigenvalue weighted by atomic mass is 10.1. The van der Waals surface area contributed by atoms with E-state index in [0.29, 0.717) is 38.6 Å². The van der Waals surface area contributed by atoms with E-state index in [0.717, 1.165) is 5.56 Å². The lowest BCUT2D eigenvalue weighted by molar-refractivity contribution is -0.122. The molecule has 0 aromatic heterocycles. The zero-order chi connectivity index (χ0) is 25.7. The van der Waals surface area contributed by atoms with E-state index in [1.807, 2.05) is 30.3 Å². The second-order valence-electron chi connectivity index (χ2n) is 7.66. The number of thioether (sulfide) groups is 1. The van der Waals surface area contributed by atoms with Gasteiger partial charge in [-0.05, 0) is 59.8 Å². The fourth-order valence-corrected chi connectivity index (χ4v) is 4.65. The second-order valence-corrected chi connectivity index (χ2v) is 8.67. The number of amidine groups is 1. The summed E-state index contributed by atoms with van der Waals surface area (Å²) in [7, 11) is 4.59. The van der Waals surface area contributed by atoms with Crippen LogP contribution in [0.2, 0.25) is 0 Å². The molecule has 9 heteroatoms. The number of rotatable bonds is 8. The Bertz CT molecular complexity index is 1340. The van der Waals surface area contributed by atoms with Gasteiger partial charge < -0.3 is 19.3 Å². The third-order valence-electron chi connectivity index (χ3n) is 5.43. The first-order valence-corrected chi connectivity index (χ1v) is 11.7. The molecule has 1 fully saturated rings. The van der Waals surface area contributed by atoms with Crippen LogP contribution in [0, 0.1) is 0 Å². The molecule has 0 saturated carbocycles. The summed E-state index contributed by atoms with van der Waals surface area (Å²) in [6, 6.07) is 19.3. The van der Waals surface area contributed by atoms with Gasteiger partial charge in [0, 0.05) is 5.56 Å². The standard InChI is InChI=1S/C27H24N2O6S/c1-33-21-14-13-19(23(34-2)24(21)35-3)15-22-25(30)29(16-17-9-11-18(12-10-17)26(31)32)27(36-22)28-20-7-5-4-6-8-20/h4-15H,16H2,1-3H3,(H,31,32)/b22-15-,28-27?. The Morgan fingerprint density at radius 2 is 1.64 bits per heavy atom. The van der Waals surface area contributed by atoms with Crippen molar-refractivity contribution in [1.82, 2.24) is 4.90 Å². The van der Waals surface area contributed by atoms with Gasteiger partial charge in [0.05, 0.1) is 44.0 Å². The van der Waals surface area contributed by atoms with Crippen LogP contribution >= 0.6 is 11.8 Å². The van der Waals surface area contributed by atoms with Crippen LogP contribution in [0.25, 0.3) is 6.08 Å². The molecule has 1 aliphatic heterocycles. The molecule has 1 aliphatic rings. The molecule has 3 aromatic rings. The first-order valence-electron chi connectivity index (χ1n) is 10.9. The smallest absolute Gasteiger partial charge is 0.335 e. The number of carbonyl (C=O) groups excluding carboxylic acids is 1. The fourth-order valence-electron chi connectivity index (χ4n) is 3.66. The summed E-state index contributed by atoms with van der Waals surface area (Å²) in [5.41, 5.74) is 2.32. The number of ether oxygens (including phenoxy) is 3. The van der Waals surface area contributed by atoms with Crippen molar-refractivity contribution in [2.24, 2.45) is 4.99 Å². The summed E-state index contributed by atoms with van der Waals surface area (Å²) >= 11 is 1.25. The number of para-hydroxylation sites is 1. The van der Waals surface area contributed by atoms with Crippen LogP contribution in [0.5, 0.6) is 17.2 Å². The van der Waals surface area contributed by atoms with Crippen molar-refractivity contribution in [3.63, 3.8) is 0 Å². The third kappa shape index (κ3) is 5.21. The SMILES string of the molecule is COc1ccc(/C=C2\SC(=Nc3ccccc3)N(Cc3ccc(C(=O)O)cc3)C2=O)c(OC)c1OC. The summed E-state index contributed by atoms with van der Waals surface area (Å²) in [6.45, 7) is 0.234. The van der Waals surface area contributed by atoms with Crippen LogP contribution in [-0.2, 0) is 11.3 Å². The molecule has 1 heterocycles. The topological polar surface area (TPSA) is 97.7 Å². The number of nitrogens with zero attached hydrogens (tertiary/aromatic N) is 2. The van der Waals surface area contributed by atoms with Crippen LogP contribution in [0.3, 0.4) is 0 Å². The van der Waals surface area contributed by atoms with Gasteiger partial charge in [0.25, 0.3) is 5.91 Å². The molecule has 0 unspecified atom stereocenters. The van der Waals surface area contributed by atoms with Gasteiger partial charge in [0.1, 0.15) is 0 Å². The molecule has 0 atom stereocenters. The van der Waals surface area contributed by atoms with E-state index in [2.05, 4.69) is 0 Å². The van der Waals surface area contributed by atoms with Gasteiger partial charge in [-0.1, -0.05) is 30.3 Å². The molecule has 1 saturated heterocycles. The summed E-state index contributed by atoms with van der Waals surface area (Å²) in [4.78, 5) is 31.5. The van der Waals surface area contributed by atoms with Gasteiger partial charge >= 0.3 is 5.97 Å². The first kappa shape index (κ1) is 24.9. The van der Waals surface area contributed by atoms with Crippen molar-refractivity contribution in [2.45, 2.75) is 6.54 Å². The van der Waals surface area contributed by atoms with Gasteiger partial charge in [0.15, 0.2) is 16.7 Å². The maximum atomic E-state index is 13.5. The first-order chi connectivity index (χ1) is 17.4. The number of hydrogen-bond acceptors (Lipinski definition) is 7. The molecule has 0 radical (unpaired) electrons. The van der Waals surface area contributed by atoms with Crippen molar-refractivity contribution in [2.75, 3.05) is 21.3 Å². The van der Waals surface area contributed by atoms with E-state index < -0.39 is 5.97 Å². The molecule has 1 N–H and O–H groups in total. The zero-order valence-electron chi connectivity index (χ0n) is 19.9. The lowest BCUT2D eigenvalue weighted by Crippen LogP contribution is -2.28. The molecule has 0 bridgehead atoms. The highest BCUT2D eigenvalue weighted by molar-refractivity contribution is 8.18. The third-order valence-corrected chi connectivity index (χ3v) is 6.44. The number of carboxylic acids is 1. The van der Waals surface area contributed by atoms with Crippen molar-refractivity contribution < 1.29 is 28.9 Å². The largest absolute Gasteiger partial charge is 0.493 e. The minimum atomic E-state index is -1.00. The Morgan fingerprint density at radius 1 is 0.944 bits per heavy atom. The Morgan fingerprint density at radius 3 is 2.25 bits per heavy atom. The van der Waals surface area contributed by atoms with Crippen LogP contribution in [0.1, 0.15) is 21.5 Å². The summed E-state index contributed by atoms with van der Waals surface area (Å²) in [5, 5.41) is 9.69. The molecule has 3 aromatic carbocycles. The predicted octanol–water partition coefficient (Wildman–Crippen LogP) is 5.21. The normalized spacial score (nSPS) is 15.4. The number of aliphatic imine (C=N–C) groups is 1. The molecular weight excluding hydrogens is 480 g/mol. The van der Waals surface area contributed by atoms with Crippen molar-refractivity contribution in [1.29, 1.82) is 0 Å². The maximum absolute atomic E-state index is 13.5. The summed E-state index contributed by atoms with van der Waals surface area (Å²) in [6.07, 6.45) is 1.74. The maximum Gasteiger partial charge on any atom is 0.335 e. The Kier molecular flexibility index (Phi) is 7.60. The molecule has 8 nitrogen and oxygen atoms in total. The molecule has 0 spiro atoms. The van der Waals surface area contributed by atoms with E-state index in [1.165, 1.54) is 38.1 Å². The highest BCUT2D eigenvalue weighted by Crippen LogP contribution is 2.42. The number of methoxy groups -OCH3 is 3. The fraction of sp³-hybridized carbons (Fsp3) is 0.148. The van der Waals surface area contributed by atoms with Crippen LogP contribution in [-0.4, -0.2) is 48.4 Å². The molecule has 0 aliphatic carbocycles. The molecular formula is C27H24N2O6S. The monoisotopic (exact) mass is 504 g/mol. The van der Waals surface area contributed by atoms with E-state index in [1.54, 1.807) is 42.4 Å². The molecule has 1 amide bonds. The van der Waals surface area contributed by atoms with Gasteiger partial charge in [-0.2, -0.15) is 0 Å². The zero-order valence-corrected chi connectivity index (χ0v) is 20.7. The Hall–Kier alpha value is -4.24. The lowest BCUT2D eigenvalue weighted by Gasteiger charge is -2.16. The Balaban J connectivity index is 1.73. The second kappa shape index (κ2) is 11.0. The number of hydrogen-bond donors (Lipinski definition) is 1. The summed E-state index contributed by atoms with van der Waals surface area (Å²) < 4.78 is 16.4.